The molecule has 2 fully saturated rings. The van der Waals surface area contributed by atoms with Crippen molar-refractivity contribution in [3.05, 3.63) is 46.6 Å². The van der Waals surface area contributed by atoms with Gasteiger partial charge in [-0.2, -0.15) is 5.26 Å². The lowest BCUT2D eigenvalue weighted by Crippen LogP contribution is -2.51. The number of ether oxygens (including phenoxy) is 1. The van der Waals surface area contributed by atoms with Crippen molar-refractivity contribution in [1.29, 1.82) is 5.26 Å². The maximum atomic E-state index is 9.52. The molecule has 8 nitrogen and oxygen atoms in total. The van der Waals surface area contributed by atoms with E-state index in [2.05, 4.69) is 50.1 Å². The molecule has 9 heteroatoms. The van der Waals surface area contributed by atoms with Crippen LogP contribution in [0.5, 0.6) is 0 Å². The number of nitrogens with zero attached hydrogens (tertiary/aromatic N) is 6. The van der Waals surface area contributed by atoms with Crippen molar-refractivity contribution in [2.45, 2.75) is 38.5 Å². The number of rotatable bonds is 4. The summed E-state index contributed by atoms with van der Waals surface area (Å²) in [7, 11) is 0. The minimum absolute atomic E-state index is 0.140. The minimum atomic E-state index is 0.140. The van der Waals surface area contributed by atoms with Crippen molar-refractivity contribution in [2.75, 3.05) is 62.2 Å². The fraction of sp³-hybridized carbons (Fsp3) is 0.519. The molecule has 0 aliphatic carbocycles. The Labute approximate surface area is 216 Å². The van der Waals surface area contributed by atoms with Gasteiger partial charge in [0.25, 0.3) is 0 Å². The highest BCUT2D eigenvalue weighted by Gasteiger charge is 2.29. The minimum Gasteiger partial charge on any atom is -0.370 e. The van der Waals surface area contributed by atoms with Gasteiger partial charge in [-0.25, -0.2) is 4.98 Å². The third-order valence-corrected chi connectivity index (χ3v) is 8.60. The average molecular weight is 504 g/mol. The molecular formula is C27H33N7OS. The first-order valence-electron chi connectivity index (χ1n) is 13.0. The van der Waals surface area contributed by atoms with E-state index in [1.54, 1.807) is 6.20 Å². The number of hydrogen-bond donors (Lipinski definition) is 1. The molecule has 1 N–H and O–H groups in total. The number of benzene rings is 1. The van der Waals surface area contributed by atoms with Gasteiger partial charge in [0.05, 0.1) is 29.0 Å². The average Bonchev–Trinajstić information content (AvgIpc) is 3.20. The largest absolute Gasteiger partial charge is 0.370 e. The molecule has 2 aromatic heterocycles. The second kappa shape index (κ2) is 10.3. The Morgan fingerprint density at radius 1 is 1.17 bits per heavy atom. The quantitative estimate of drug-likeness (QED) is 0.582. The van der Waals surface area contributed by atoms with E-state index >= 15 is 0 Å². The Hall–Kier alpha value is -2.77. The molecule has 0 saturated carbocycles. The summed E-state index contributed by atoms with van der Waals surface area (Å²) in [5.41, 5.74) is 3.84. The molecule has 6 rings (SSSR count). The predicted molar refractivity (Wildman–Crippen MR) is 144 cm³/mol. The molecule has 1 aromatic carbocycles. The molecular weight excluding hydrogens is 470 g/mol. The summed E-state index contributed by atoms with van der Waals surface area (Å²) in [6, 6.07) is 10.3. The van der Waals surface area contributed by atoms with E-state index in [1.165, 1.54) is 15.7 Å². The van der Waals surface area contributed by atoms with Crippen LogP contribution in [0.15, 0.2) is 30.5 Å². The first-order chi connectivity index (χ1) is 17.7. The lowest BCUT2D eigenvalue weighted by Gasteiger charge is -2.40. The van der Waals surface area contributed by atoms with E-state index in [1.807, 2.05) is 23.5 Å². The summed E-state index contributed by atoms with van der Waals surface area (Å²) in [6.45, 7) is 11.0. The Morgan fingerprint density at radius 3 is 3.00 bits per heavy atom. The highest BCUT2D eigenvalue weighted by Crippen LogP contribution is 2.31. The van der Waals surface area contributed by atoms with E-state index in [9.17, 15) is 5.26 Å². The van der Waals surface area contributed by atoms with Gasteiger partial charge in [0.2, 0.25) is 0 Å². The molecule has 2 saturated heterocycles. The van der Waals surface area contributed by atoms with E-state index in [0.717, 1.165) is 88.3 Å². The van der Waals surface area contributed by atoms with Gasteiger partial charge >= 0.3 is 0 Å². The number of thiazole rings is 1. The van der Waals surface area contributed by atoms with Gasteiger partial charge < -0.3 is 19.9 Å². The molecule has 3 aliphatic rings. The first kappa shape index (κ1) is 23.6. The van der Waals surface area contributed by atoms with Gasteiger partial charge in [-0.05, 0) is 44.2 Å². The zero-order valence-corrected chi connectivity index (χ0v) is 21.6. The number of aromatic nitrogens is 2. The number of morpholine rings is 1. The standard InChI is InChI=1S/C27H33N7OS/c1-19-16-34(24-6-5-20(14-28)26-22(24)4-2-8-30-26)18-21(35-19)17-32-10-3-11-33(13-12-32)27-31-23-7-9-29-15-25(23)36-27/h2,4-6,8,19,21,29H,3,7,9-13,15-18H2,1H3/t19-,21+/m1/s1. The van der Waals surface area contributed by atoms with Crippen molar-refractivity contribution in [3.63, 3.8) is 0 Å². The molecule has 0 unspecified atom stereocenters. The first-order valence-corrected chi connectivity index (χ1v) is 13.8. The summed E-state index contributed by atoms with van der Waals surface area (Å²) in [6.07, 6.45) is 4.23. The Balaban J connectivity index is 1.13. The van der Waals surface area contributed by atoms with Crippen molar-refractivity contribution in [1.82, 2.24) is 20.2 Å². The topological polar surface area (TPSA) is 80.6 Å². The highest BCUT2D eigenvalue weighted by atomic mass is 32.1. The summed E-state index contributed by atoms with van der Waals surface area (Å²) in [5, 5.41) is 15.2. The Bertz CT molecular complexity index is 1250. The van der Waals surface area contributed by atoms with Crippen LogP contribution in [0, 0.1) is 11.3 Å². The number of fused-ring (bicyclic) bond motifs is 2. The number of anilines is 2. The molecule has 5 heterocycles. The highest BCUT2D eigenvalue weighted by molar-refractivity contribution is 7.15. The molecule has 0 radical (unpaired) electrons. The van der Waals surface area contributed by atoms with Crippen LogP contribution in [-0.2, 0) is 17.7 Å². The van der Waals surface area contributed by atoms with Crippen molar-refractivity contribution in [3.8, 4) is 6.07 Å². The number of hydrogen-bond acceptors (Lipinski definition) is 9. The van der Waals surface area contributed by atoms with Crippen molar-refractivity contribution < 1.29 is 4.74 Å². The van der Waals surface area contributed by atoms with Crippen molar-refractivity contribution >= 4 is 33.1 Å². The van der Waals surface area contributed by atoms with Crippen LogP contribution in [0.25, 0.3) is 10.9 Å². The molecule has 188 valence electrons. The molecule has 3 aromatic rings. The maximum absolute atomic E-state index is 9.52. The zero-order chi connectivity index (χ0) is 24.5. The Kier molecular flexibility index (Phi) is 6.76. The lowest BCUT2D eigenvalue weighted by atomic mass is 10.1. The predicted octanol–water partition coefficient (Wildman–Crippen LogP) is 3.01. The molecule has 0 spiro atoms. The second-order valence-corrected chi connectivity index (χ2v) is 11.1. The van der Waals surface area contributed by atoms with Crippen LogP contribution in [-0.4, -0.2) is 79.4 Å². The Morgan fingerprint density at radius 2 is 2.11 bits per heavy atom. The van der Waals surface area contributed by atoms with E-state index in [0.29, 0.717) is 5.56 Å². The fourth-order valence-electron chi connectivity index (χ4n) is 5.75. The van der Waals surface area contributed by atoms with Gasteiger partial charge in [-0.3, -0.25) is 9.88 Å². The fourth-order valence-corrected chi connectivity index (χ4v) is 6.87. The van der Waals surface area contributed by atoms with Crippen LogP contribution in [0.3, 0.4) is 0 Å². The summed E-state index contributed by atoms with van der Waals surface area (Å²) < 4.78 is 6.42. The third-order valence-electron chi connectivity index (χ3n) is 7.45. The van der Waals surface area contributed by atoms with Crippen LogP contribution in [0.4, 0.5) is 10.8 Å². The van der Waals surface area contributed by atoms with E-state index in [-0.39, 0.29) is 12.2 Å². The molecule has 0 amide bonds. The molecule has 3 aliphatic heterocycles. The molecule has 2 atom stereocenters. The monoisotopic (exact) mass is 503 g/mol. The number of nitriles is 1. The lowest BCUT2D eigenvalue weighted by molar-refractivity contribution is -0.0313. The van der Waals surface area contributed by atoms with Gasteiger partial charge in [0, 0.05) is 80.9 Å². The van der Waals surface area contributed by atoms with E-state index in [4.69, 9.17) is 9.72 Å². The van der Waals surface area contributed by atoms with Gasteiger partial charge in [-0.1, -0.05) is 0 Å². The van der Waals surface area contributed by atoms with Crippen molar-refractivity contribution in [2.24, 2.45) is 0 Å². The van der Waals surface area contributed by atoms with Crippen LogP contribution >= 0.6 is 11.3 Å². The number of nitrogens with one attached hydrogen (secondary N) is 1. The van der Waals surface area contributed by atoms with Crippen LogP contribution < -0.4 is 15.1 Å². The van der Waals surface area contributed by atoms with Crippen LogP contribution in [0.1, 0.15) is 29.5 Å². The second-order valence-electron chi connectivity index (χ2n) is 10.1. The normalized spacial score (nSPS) is 23.3. The van der Waals surface area contributed by atoms with E-state index < -0.39 is 0 Å². The van der Waals surface area contributed by atoms with Gasteiger partial charge in [0.15, 0.2) is 5.13 Å². The van der Waals surface area contributed by atoms with Gasteiger partial charge in [0.1, 0.15) is 6.07 Å². The number of pyridine rings is 1. The maximum Gasteiger partial charge on any atom is 0.185 e. The summed E-state index contributed by atoms with van der Waals surface area (Å²) in [5.74, 6) is 0. The SMILES string of the molecule is C[C@@H]1CN(c2ccc(C#N)c3ncccc23)C[C@H](CN2CCCN(c3nc4c(s3)CNCC4)CC2)O1. The third kappa shape index (κ3) is 4.78. The van der Waals surface area contributed by atoms with Crippen LogP contribution in [0.2, 0.25) is 0 Å². The zero-order valence-electron chi connectivity index (χ0n) is 20.8. The molecule has 36 heavy (non-hydrogen) atoms. The summed E-state index contributed by atoms with van der Waals surface area (Å²) in [4.78, 5) is 18.4. The summed E-state index contributed by atoms with van der Waals surface area (Å²) >= 11 is 1.87. The smallest absolute Gasteiger partial charge is 0.185 e. The molecule has 0 bridgehead atoms. The van der Waals surface area contributed by atoms with Gasteiger partial charge in [-0.15, -0.1) is 11.3 Å².